The number of alkyl halides is 1. The van der Waals surface area contributed by atoms with Crippen molar-refractivity contribution in [2.24, 2.45) is 0 Å². The maximum Gasteiger partial charge on any atom is 0.236 e. The van der Waals surface area contributed by atoms with Crippen molar-refractivity contribution >= 4 is 33.6 Å². The quantitative estimate of drug-likeness (QED) is 0.799. The lowest BCUT2D eigenvalue weighted by atomic mass is 10.1. The molecule has 1 saturated heterocycles. The summed E-state index contributed by atoms with van der Waals surface area (Å²) in [5.41, 5.74) is 0. The van der Waals surface area contributed by atoms with E-state index < -0.39 is 0 Å². The van der Waals surface area contributed by atoms with Crippen LogP contribution < -0.4 is 0 Å². The van der Waals surface area contributed by atoms with E-state index in [0.29, 0.717) is 0 Å². The lowest BCUT2D eigenvalue weighted by molar-refractivity contribution is -0.134. The Bertz CT molecular complexity index is 223. The Labute approximate surface area is 104 Å². The third kappa shape index (κ3) is 3.11. The molecule has 1 aliphatic rings. The highest BCUT2D eigenvalue weighted by atomic mass is 79.9. The Balaban J connectivity index is 2.64. The van der Waals surface area contributed by atoms with E-state index >= 15 is 0 Å². The Morgan fingerprint density at radius 1 is 1.73 bits per heavy atom. The first-order valence-corrected chi connectivity index (χ1v) is 7.40. The highest BCUT2D eigenvalue weighted by Gasteiger charge is 2.32. The van der Waals surface area contributed by atoms with E-state index in [1.165, 1.54) is 0 Å². The second kappa shape index (κ2) is 6.11. The average Bonchev–Trinajstić information content (AvgIpc) is 2.23. The van der Waals surface area contributed by atoms with Crippen molar-refractivity contribution < 1.29 is 9.90 Å². The maximum atomic E-state index is 11.9. The summed E-state index contributed by atoms with van der Waals surface area (Å²) in [5, 5.41) is 9.33. The number of aliphatic hydroxyl groups excluding tert-OH is 1. The number of carbonyl (C=O) groups is 1. The highest BCUT2D eigenvalue weighted by Crippen LogP contribution is 2.24. The number of nitrogens with zero attached hydrogens (tertiary/aromatic N) is 1. The van der Waals surface area contributed by atoms with Crippen molar-refractivity contribution in [3.8, 4) is 0 Å². The number of halogens is 1. The van der Waals surface area contributed by atoms with Gasteiger partial charge in [0.15, 0.2) is 0 Å². The molecule has 3 unspecified atom stereocenters. The topological polar surface area (TPSA) is 40.5 Å². The number of aliphatic hydroxyl groups is 1. The third-order valence-electron chi connectivity index (χ3n) is 2.92. The number of hydrogen-bond acceptors (Lipinski definition) is 3. The summed E-state index contributed by atoms with van der Waals surface area (Å²) in [6, 6.07) is 0.109. The number of thioether (sulfide) groups is 1. The van der Waals surface area contributed by atoms with E-state index in [1.807, 2.05) is 18.1 Å². The fourth-order valence-corrected chi connectivity index (χ4v) is 3.16. The summed E-state index contributed by atoms with van der Waals surface area (Å²) >= 11 is 5.01. The molecule has 1 fully saturated rings. The molecule has 0 saturated carbocycles. The van der Waals surface area contributed by atoms with Crippen LogP contribution in [0.15, 0.2) is 0 Å². The smallest absolute Gasteiger partial charge is 0.236 e. The molecule has 0 aromatic carbocycles. The van der Waals surface area contributed by atoms with Gasteiger partial charge in [0.25, 0.3) is 0 Å². The predicted octanol–water partition coefficient (Wildman–Crippen LogP) is 1.48. The van der Waals surface area contributed by atoms with Gasteiger partial charge in [-0.1, -0.05) is 15.9 Å². The molecule has 0 radical (unpaired) electrons. The summed E-state index contributed by atoms with van der Waals surface area (Å²) in [6.07, 6.45) is 3.93. The van der Waals surface area contributed by atoms with Gasteiger partial charge in [-0.25, -0.2) is 0 Å². The molecule has 3 atom stereocenters. The second-order valence-electron chi connectivity index (χ2n) is 3.84. The van der Waals surface area contributed by atoms with Crippen LogP contribution in [0.5, 0.6) is 0 Å². The van der Waals surface area contributed by atoms with Crippen LogP contribution in [0.1, 0.15) is 19.8 Å². The number of likely N-dealkylation sites (tertiary alicyclic amines) is 1. The van der Waals surface area contributed by atoms with Crippen molar-refractivity contribution in [2.75, 3.05) is 19.4 Å². The van der Waals surface area contributed by atoms with Crippen molar-refractivity contribution in [2.45, 2.75) is 35.9 Å². The van der Waals surface area contributed by atoms with Gasteiger partial charge in [0.05, 0.1) is 11.4 Å². The predicted molar refractivity (Wildman–Crippen MR) is 67.5 cm³/mol. The first kappa shape index (κ1) is 13.3. The standard InChI is InChI=1S/C10H18BrNO2S/c1-7(9(6-13)15-2)12-5-3-4-8(11)10(12)14/h7-9,13H,3-6H2,1-2H3. The molecule has 0 aliphatic carbocycles. The average molecular weight is 296 g/mol. The molecular formula is C10H18BrNO2S. The monoisotopic (exact) mass is 295 g/mol. The van der Waals surface area contributed by atoms with E-state index in [9.17, 15) is 9.90 Å². The van der Waals surface area contributed by atoms with Crippen LogP contribution in [0, 0.1) is 0 Å². The molecule has 15 heavy (non-hydrogen) atoms. The summed E-state index contributed by atoms with van der Waals surface area (Å²) < 4.78 is 0. The number of piperidine rings is 1. The van der Waals surface area contributed by atoms with E-state index in [2.05, 4.69) is 15.9 Å². The summed E-state index contributed by atoms with van der Waals surface area (Å²) in [7, 11) is 0. The zero-order chi connectivity index (χ0) is 11.4. The maximum absolute atomic E-state index is 11.9. The van der Waals surface area contributed by atoms with Gasteiger partial charge in [0.2, 0.25) is 5.91 Å². The summed E-state index contributed by atoms with van der Waals surface area (Å²) in [6.45, 7) is 2.96. The molecule has 0 spiro atoms. The molecule has 1 rings (SSSR count). The van der Waals surface area contributed by atoms with Gasteiger partial charge in [-0.15, -0.1) is 0 Å². The molecule has 0 aromatic heterocycles. The van der Waals surface area contributed by atoms with E-state index in [4.69, 9.17) is 0 Å². The molecule has 3 nitrogen and oxygen atoms in total. The van der Waals surface area contributed by atoms with Gasteiger partial charge in [-0.05, 0) is 26.0 Å². The second-order valence-corrected chi connectivity index (χ2v) is 6.02. The molecule has 0 bridgehead atoms. The van der Waals surface area contributed by atoms with Gasteiger partial charge in [0.1, 0.15) is 0 Å². The van der Waals surface area contributed by atoms with Crippen LogP contribution >= 0.6 is 27.7 Å². The summed E-state index contributed by atoms with van der Waals surface area (Å²) in [4.78, 5) is 13.7. The molecular weight excluding hydrogens is 278 g/mol. The molecule has 88 valence electrons. The largest absolute Gasteiger partial charge is 0.395 e. The summed E-state index contributed by atoms with van der Waals surface area (Å²) in [5.74, 6) is 0.168. The van der Waals surface area contributed by atoms with Crippen LogP contribution in [-0.2, 0) is 4.79 Å². The van der Waals surface area contributed by atoms with Gasteiger partial charge in [-0.2, -0.15) is 11.8 Å². The van der Waals surface area contributed by atoms with Gasteiger partial charge in [0, 0.05) is 17.8 Å². The molecule has 1 heterocycles. The lowest BCUT2D eigenvalue weighted by Crippen LogP contribution is -2.50. The third-order valence-corrected chi connectivity index (χ3v) is 4.92. The van der Waals surface area contributed by atoms with Crippen LogP contribution in [0.2, 0.25) is 0 Å². The van der Waals surface area contributed by atoms with Gasteiger partial charge in [-0.3, -0.25) is 4.79 Å². The molecule has 1 N–H and O–H groups in total. The normalized spacial score (nSPS) is 26.5. The van der Waals surface area contributed by atoms with Crippen molar-refractivity contribution in [1.29, 1.82) is 0 Å². The SMILES string of the molecule is CSC(CO)C(C)N1CCCC(Br)C1=O. The van der Waals surface area contributed by atoms with Crippen molar-refractivity contribution in [3.05, 3.63) is 0 Å². The van der Waals surface area contributed by atoms with Crippen LogP contribution in [0.3, 0.4) is 0 Å². The zero-order valence-electron chi connectivity index (χ0n) is 9.15. The van der Waals surface area contributed by atoms with Crippen LogP contribution in [0.4, 0.5) is 0 Å². The van der Waals surface area contributed by atoms with Gasteiger partial charge >= 0.3 is 0 Å². The highest BCUT2D eigenvalue weighted by molar-refractivity contribution is 9.10. The van der Waals surface area contributed by atoms with E-state index in [0.717, 1.165) is 19.4 Å². The molecule has 0 aromatic rings. The molecule has 5 heteroatoms. The number of amides is 1. The minimum atomic E-state index is -0.0325. The van der Waals surface area contributed by atoms with Crippen LogP contribution in [0.25, 0.3) is 0 Å². The zero-order valence-corrected chi connectivity index (χ0v) is 11.6. The molecule has 1 aliphatic heterocycles. The number of hydrogen-bond donors (Lipinski definition) is 1. The van der Waals surface area contributed by atoms with E-state index in [1.54, 1.807) is 11.8 Å². The minimum absolute atomic E-state index is 0.0325. The Morgan fingerprint density at radius 3 is 2.93 bits per heavy atom. The van der Waals surface area contributed by atoms with Gasteiger partial charge < -0.3 is 10.0 Å². The number of rotatable bonds is 4. The molecule has 1 amide bonds. The van der Waals surface area contributed by atoms with E-state index in [-0.39, 0.29) is 28.6 Å². The van der Waals surface area contributed by atoms with Crippen molar-refractivity contribution in [3.63, 3.8) is 0 Å². The Morgan fingerprint density at radius 2 is 2.40 bits per heavy atom. The Hall–Kier alpha value is 0.260. The number of carbonyl (C=O) groups excluding carboxylic acids is 1. The Kier molecular flexibility index (Phi) is 5.43. The fraction of sp³-hybridized carbons (Fsp3) is 0.900. The first-order chi connectivity index (χ1) is 7.11. The van der Waals surface area contributed by atoms with Crippen molar-refractivity contribution in [1.82, 2.24) is 4.90 Å². The van der Waals surface area contributed by atoms with Crippen LogP contribution in [-0.4, -0.2) is 51.4 Å². The fourth-order valence-electron chi connectivity index (χ4n) is 1.88. The minimum Gasteiger partial charge on any atom is -0.395 e. The lowest BCUT2D eigenvalue weighted by Gasteiger charge is -2.37. The first-order valence-electron chi connectivity index (χ1n) is 5.20.